The summed E-state index contributed by atoms with van der Waals surface area (Å²) in [5, 5.41) is 0. The fourth-order valence-corrected chi connectivity index (χ4v) is 5.95. The molecular formula is C26H48O4. The van der Waals surface area contributed by atoms with Gasteiger partial charge >= 0.3 is 6.16 Å². The summed E-state index contributed by atoms with van der Waals surface area (Å²) in [6.45, 7) is 16.4. The third kappa shape index (κ3) is 7.14. The molecule has 0 aliphatic heterocycles. The van der Waals surface area contributed by atoms with Crippen molar-refractivity contribution in [1.82, 2.24) is 0 Å². The number of rotatable bonds is 12. The Morgan fingerprint density at radius 3 is 2.23 bits per heavy atom. The number of hydrogen-bond donors (Lipinski definition) is 0. The molecule has 6 unspecified atom stereocenters. The van der Waals surface area contributed by atoms with E-state index >= 15 is 0 Å². The van der Waals surface area contributed by atoms with Crippen LogP contribution in [0.2, 0.25) is 0 Å². The molecule has 6 atom stereocenters. The van der Waals surface area contributed by atoms with Crippen LogP contribution in [-0.4, -0.2) is 30.6 Å². The van der Waals surface area contributed by atoms with Crippen LogP contribution in [0.1, 0.15) is 106 Å². The Balaban J connectivity index is 1.95. The highest BCUT2D eigenvalue weighted by molar-refractivity contribution is 5.61. The Labute approximate surface area is 185 Å². The average Bonchev–Trinajstić information content (AvgIpc) is 3.20. The Hall–Kier alpha value is -0.770. The predicted octanol–water partition coefficient (Wildman–Crippen LogP) is 7.39. The van der Waals surface area contributed by atoms with Crippen LogP contribution in [-0.2, 0) is 14.2 Å². The van der Waals surface area contributed by atoms with Crippen LogP contribution in [0.4, 0.5) is 4.79 Å². The minimum absolute atomic E-state index is 0.398. The quantitative estimate of drug-likeness (QED) is 0.242. The van der Waals surface area contributed by atoms with Crippen LogP contribution in [0.15, 0.2) is 0 Å². The van der Waals surface area contributed by atoms with E-state index in [0.29, 0.717) is 0 Å². The molecule has 2 aliphatic rings. The second-order valence-corrected chi connectivity index (χ2v) is 11.0. The molecule has 2 aliphatic carbocycles. The van der Waals surface area contributed by atoms with Gasteiger partial charge in [0.05, 0.1) is 0 Å². The third-order valence-corrected chi connectivity index (χ3v) is 7.96. The van der Waals surface area contributed by atoms with Gasteiger partial charge in [0.1, 0.15) is 11.2 Å². The highest BCUT2D eigenvalue weighted by atomic mass is 16.7. The molecule has 0 amide bonds. The Morgan fingerprint density at radius 2 is 1.67 bits per heavy atom. The maximum atomic E-state index is 12.6. The fourth-order valence-electron chi connectivity index (χ4n) is 5.95. The lowest BCUT2D eigenvalue weighted by atomic mass is 9.72. The van der Waals surface area contributed by atoms with Crippen molar-refractivity contribution in [3.05, 3.63) is 0 Å². The molecule has 0 heterocycles. The third-order valence-electron chi connectivity index (χ3n) is 7.96. The second-order valence-electron chi connectivity index (χ2n) is 11.0. The molecule has 30 heavy (non-hydrogen) atoms. The molecule has 2 rings (SSSR count). The number of hydrogen-bond acceptors (Lipinski definition) is 4. The molecule has 0 spiro atoms. The topological polar surface area (TPSA) is 44.8 Å². The monoisotopic (exact) mass is 424 g/mol. The van der Waals surface area contributed by atoms with Gasteiger partial charge in [0, 0.05) is 13.2 Å². The van der Waals surface area contributed by atoms with E-state index in [-0.39, 0.29) is 0 Å². The first-order valence-electron chi connectivity index (χ1n) is 12.6. The molecule has 4 heteroatoms. The summed E-state index contributed by atoms with van der Waals surface area (Å²) in [5.41, 5.74) is -0.922. The van der Waals surface area contributed by atoms with E-state index in [9.17, 15) is 4.79 Å². The fraction of sp³-hybridized carbons (Fsp3) is 0.962. The first-order valence-corrected chi connectivity index (χ1v) is 12.6. The predicted molar refractivity (Wildman–Crippen MR) is 123 cm³/mol. The van der Waals surface area contributed by atoms with Gasteiger partial charge in [0.25, 0.3) is 0 Å². The lowest BCUT2D eigenvalue weighted by molar-refractivity contribution is -0.0784. The molecule has 0 N–H and O–H groups in total. The van der Waals surface area contributed by atoms with Gasteiger partial charge in [0.15, 0.2) is 0 Å². The lowest BCUT2D eigenvalue weighted by Gasteiger charge is -2.37. The summed E-state index contributed by atoms with van der Waals surface area (Å²) in [6, 6.07) is 0. The van der Waals surface area contributed by atoms with E-state index in [1.54, 1.807) is 0 Å². The maximum Gasteiger partial charge on any atom is 0.509 e. The van der Waals surface area contributed by atoms with Gasteiger partial charge in [-0.3, -0.25) is 0 Å². The second kappa shape index (κ2) is 11.2. The van der Waals surface area contributed by atoms with Crippen molar-refractivity contribution >= 4 is 6.16 Å². The Morgan fingerprint density at radius 1 is 0.933 bits per heavy atom. The number of carbonyl (C=O) groups is 1. The number of fused-ring (bicyclic) bond motifs is 2. The van der Waals surface area contributed by atoms with Crippen LogP contribution in [0.3, 0.4) is 0 Å². The van der Waals surface area contributed by atoms with Gasteiger partial charge in [-0.2, -0.15) is 0 Å². The van der Waals surface area contributed by atoms with Crippen molar-refractivity contribution in [2.75, 3.05) is 13.2 Å². The lowest BCUT2D eigenvalue weighted by Crippen LogP contribution is -2.38. The largest absolute Gasteiger partial charge is 0.509 e. The molecule has 0 saturated heterocycles. The van der Waals surface area contributed by atoms with E-state index in [2.05, 4.69) is 20.8 Å². The highest BCUT2D eigenvalue weighted by Gasteiger charge is 2.49. The van der Waals surface area contributed by atoms with Crippen LogP contribution >= 0.6 is 0 Å². The van der Waals surface area contributed by atoms with Crippen molar-refractivity contribution < 1.29 is 19.0 Å². The zero-order valence-corrected chi connectivity index (χ0v) is 20.8. The van der Waals surface area contributed by atoms with Gasteiger partial charge in [-0.1, -0.05) is 27.2 Å². The van der Waals surface area contributed by atoms with E-state index in [1.807, 2.05) is 27.7 Å². The summed E-state index contributed by atoms with van der Waals surface area (Å²) >= 11 is 0. The van der Waals surface area contributed by atoms with Crippen molar-refractivity contribution in [2.45, 2.75) is 117 Å². The van der Waals surface area contributed by atoms with E-state index in [0.717, 1.165) is 81.3 Å². The molecular weight excluding hydrogens is 376 g/mol. The zero-order valence-electron chi connectivity index (χ0n) is 20.8. The molecule has 0 aromatic heterocycles. The maximum absolute atomic E-state index is 12.6. The summed E-state index contributed by atoms with van der Waals surface area (Å²) in [4.78, 5) is 12.6. The van der Waals surface area contributed by atoms with Gasteiger partial charge < -0.3 is 14.2 Å². The molecule has 176 valence electrons. The average molecular weight is 425 g/mol. The molecule has 2 saturated carbocycles. The molecule has 0 radical (unpaired) electrons. The number of carbonyl (C=O) groups excluding carboxylic acids is 1. The first-order chi connectivity index (χ1) is 14.1. The van der Waals surface area contributed by atoms with Crippen molar-refractivity contribution in [2.24, 2.45) is 29.6 Å². The minimum atomic E-state index is -0.524. The molecule has 0 aromatic rings. The normalized spacial score (nSPS) is 30.3. The first kappa shape index (κ1) is 25.5. The van der Waals surface area contributed by atoms with Crippen molar-refractivity contribution in [3.8, 4) is 0 Å². The highest BCUT2D eigenvalue weighted by Crippen LogP contribution is 2.56. The molecule has 2 bridgehead atoms. The standard InChI is InChI=1S/C26H48O4/c1-8-26(14-11-10-12-16-28-9-2,30-24(27)29-25(5,6)7)15-13-21-17-22-18-23(21)20(4)19(22)3/h19-23H,8-18H2,1-7H3. The number of ether oxygens (including phenoxy) is 3. The van der Waals surface area contributed by atoms with Crippen LogP contribution in [0, 0.1) is 29.6 Å². The van der Waals surface area contributed by atoms with Crippen LogP contribution < -0.4 is 0 Å². The van der Waals surface area contributed by atoms with Crippen LogP contribution in [0.25, 0.3) is 0 Å². The summed E-state index contributed by atoms with van der Waals surface area (Å²) in [5.74, 6) is 4.30. The minimum Gasteiger partial charge on any atom is -0.429 e. The summed E-state index contributed by atoms with van der Waals surface area (Å²) in [7, 11) is 0. The van der Waals surface area contributed by atoms with Crippen molar-refractivity contribution in [3.63, 3.8) is 0 Å². The van der Waals surface area contributed by atoms with E-state index in [1.165, 1.54) is 19.3 Å². The van der Waals surface area contributed by atoms with Crippen molar-refractivity contribution in [1.29, 1.82) is 0 Å². The summed E-state index contributed by atoms with van der Waals surface area (Å²) < 4.78 is 17.1. The molecule has 0 aromatic carbocycles. The van der Waals surface area contributed by atoms with Gasteiger partial charge in [-0.15, -0.1) is 0 Å². The number of unbranched alkanes of at least 4 members (excludes halogenated alkanes) is 2. The van der Waals surface area contributed by atoms with E-state index < -0.39 is 17.4 Å². The SMILES string of the molecule is CCOCCCCCC(CC)(CCC1CC2CC1C(C)C2C)OC(=O)OC(C)(C)C. The Bertz CT molecular complexity index is 524. The Kier molecular flexibility index (Phi) is 9.52. The summed E-state index contributed by atoms with van der Waals surface area (Å²) in [6.07, 6.45) is 9.43. The molecule has 4 nitrogen and oxygen atoms in total. The molecule has 2 fully saturated rings. The van der Waals surface area contributed by atoms with Gasteiger partial charge in [0.2, 0.25) is 0 Å². The van der Waals surface area contributed by atoms with E-state index in [4.69, 9.17) is 14.2 Å². The smallest absolute Gasteiger partial charge is 0.429 e. The van der Waals surface area contributed by atoms with Gasteiger partial charge in [-0.05, 0) is 109 Å². The zero-order chi connectivity index (χ0) is 22.4. The van der Waals surface area contributed by atoms with Crippen LogP contribution in [0.5, 0.6) is 0 Å². The van der Waals surface area contributed by atoms with Gasteiger partial charge in [-0.25, -0.2) is 4.79 Å².